The van der Waals surface area contributed by atoms with Crippen molar-refractivity contribution >= 4 is 38.3 Å². The second kappa shape index (κ2) is 5.27. The first-order valence-corrected chi connectivity index (χ1v) is 7.89. The van der Waals surface area contributed by atoms with Gasteiger partial charge >= 0.3 is 0 Å². The largest absolute Gasteiger partial charge is 0.280 e. The molecule has 0 aromatic heterocycles. The third-order valence-corrected chi connectivity index (χ3v) is 5.18. The molecule has 0 aliphatic rings. The van der Waals surface area contributed by atoms with Gasteiger partial charge in [0.05, 0.1) is 0 Å². The van der Waals surface area contributed by atoms with Crippen LogP contribution in [0.25, 0.3) is 0 Å². The monoisotopic (exact) mass is 373 g/mol. The summed E-state index contributed by atoms with van der Waals surface area (Å²) in [6, 6.07) is 14.1. The van der Waals surface area contributed by atoms with Crippen LogP contribution >= 0.6 is 22.6 Å². The smallest absolute Gasteiger partial charge is 0.262 e. The van der Waals surface area contributed by atoms with Gasteiger partial charge in [0.1, 0.15) is 4.90 Å². The van der Waals surface area contributed by atoms with E-state index >= 15 is 0 Å². The molecule has 0 unspecified atom stereocenters. The highest BCUT2D eigenvalue weighted by atomic mass is 127. The van der Waals surface area contributed by atoms with Gasteiger partial charge in [-0.3, -0.25) is 4.72 Å². The number of rotatable bonds is 3. The summed E-state index contributed by atoms with van der Waals surface area (Å²) in [4.78, 5) is 0.297. The highest BCUT2D eigenvalue weighted by Crippen LogP contribution is 2.20. The average Bonchev–Trinajstić information content (AvgIpc) is 2.32. The Balaban J connectivity index is 2.33. The van der Waals surface area contributed by atoms with E-state index in [-0.39, 0.29) is 0 Å². The van der Waals surface area contributed by atoms with Gasteiger partial charge < -0.3 is 0 Å². The SMILES string of the molecule is Cc1ccc(NS(=O)(=O)c2ccccc2I)cc1. The van der Waals surface area contributed by atoms with Gasteiger partial charge in [0.2, 0.25) is 0 Å². The van der Waals surface area contributed by atoms with Crippen molar-refractivity contribution in [1.29, 1.82) is 0 Å². The maximum absolute atomic E-state index is 12.2. The fourth-order valence-electron chi connectivity index (χ4n) is 1.49. The highest BCUT2D eigenvalue weighted by Gasteiger charge is 2.16. The standard InChI is InChI=1S/C13H12INO2S/c1-10-6-8-11(9-7-10)15-18(16,17)13-5-3-2-4-12(13)14/h2-9,15H,1H3. The van der Waals surface area contributed by atoms with Crippen LogP contribution in [-0.2, 0) is 10.0 Å². The van der Waals surface area contributed by atoms with Gasteiger partial charge in [-0.2, -0.15) is 0 Å². The van der Waals surface area contributed by atoms with Crippen LogP contribution in [0.1, 0.15) is 5.56 Å². The summed E-state index contributed by atoms with van der Waals surface area (Å²) >= 11 is 2.01. The van der Waals surface area contributed by atoms with E-state index in [4.69, 9.17) is 0 Å². The molecule has 0 fully saturated rings. The molecule has 0 heterocycles. The Labute approximate surface area is 120 Å². The maximum Gasteiger partial charge on any atom is 0.262 e. The third-order valence-electron chi connectivity index (χ3n) is 2.43. The molecule has 94 valence electrons. The van der Waals surface area contributed by atoms with E-state index in [9.17, 15) is 8.42 Å². The molecule has 0 aliphatic heterocycles. The summed E-state index contributed by atoms with van der Waals surface area (Å²) < 4.78 is 27.7. The Morgan fingerprint density at radius 2 is 1.61 bits per heavy atom. The van der Waals surface area contributed by atoms with Crippen molar-refractivity contribution in [2.45, 2.75) is 11.8 Å². The van der Waals surface area contributed by atoms with Gasteiger partial charge in [-0.05, 0) is 53.8 Å². The molecule has 0 radical (unpaired) electrons. The molecular formula is C13H12INO2S. The molecule has 0 saturated heterocycles. The normalized spacial score (nSPS) is 11.2. The van der Waals surface area contributed by atoms with Crippen LogP contribution in [0.2, 0.25) is 0 Å². The Hall–Kier alpha value is -1.08. The molecule has 5 heteroatoms. The lowest BCUT2D eigenvalue weighted by Gasteiger charge is -2.09. The second-order valence-electron chi connectivity index (χ2n) is 3.90. The lowest BCUT2D eigenvalue weighted by Crippen LogP contribution is -2.14. The van der Waals surface area contributed by atoms with Crippen LogP contribution in [0.3, 0.4) is 0 Å². The fraction of sp³-hybridized carbons (Fsp3) is 0.0769. The van der Waals surface area contributed by atoms with Crippen LogP contribution in [-0.4, -0.2) is 8.42 Å². The first-order valence-electron chi connectivity index (χ1n) is 5.33. The van der Waals surface area contributed by atoms with E-state index in [1.165, 1.54) is 0 Å². The zero-order valence-electron chi connectivity index (χ0n) is 9.72. The lowest BCUT2D eigenvalue weighted by molar-refractivity contribution is 0.600. The molecule has 0 atom stereocenters. The van der Waals surface area contributed by atoms with E-state index in [1.54, 1.807) is 30.3 Å². The topological polar surface area (TPSA) is 46.2 Å². The van der Waals surface area contributed by atoms with Crippen molar-refractivity contribution in [3.8, 4) is 0 Å². The maximum atomic E-state index is 12.2. The van der Waals surface area contributed by atoms with Gasteiger partial charge in [-0.1, -0.05) is 29.8 Å². The molecular weight excluding hydrogens is 361 g/mol. The fourth-order valence-corrected chi connectivity index (χ4v) is 3.89. The minimum Gasteiger partial charge on any atom is -0.280 e. The average molecular weight is 373 g/mol. The van der Waals surface area contributed by atoms with Crippen molar-refractivity contribution in [3.63, 3.8) is 0 Å². The molecule has 2 aromatic carbocycles. The lowest BCUT2D eigenvalue weighted by atomic mass is 10.2. The number of anilines is 1. The number of nitrogens with one attached hydrogen (secondary N) is 1. The van der Waals surface area contributed by atoms with Crippen molar-refractivity contribution in [2.24, 2.45) is 0 Å². The number of hydrogen-bond acceptors (Lipinski definition) is 2. The predicted molar refractivity (Wildman–Crippen MR) is 81.1 cm³/mol. The van der Waals surface area contributed by atoms with E-state index in [0.29, 0.717) is 14.2 Å². The third kappa shape index (κ3) is 3.02. The Bertz CT molecular complexity index is 651. The summed E-state index contributed by atoms with van der Waals surface area (Å²) in [6.07, 6.45) is 0. The molecule has 0 bridgehead atoms. The van der Waals surface area contributed by atoms with Gasteiger partial charge in [-0.15, -0.1) is 0 Å². The number of halogens is 1. The summed E-state index contributed by atoms with van der Waals surface area (Å²) in [5.41, 5.74) is 1.66. The zero-order chi connectivity index (χ0) is 13.2. The summed E-state index contributed by atoms with van der Waals surface area (Å²) in [6.45, 7) is 1.96. The Morgan fingerprint density at radius 1 is 1.00 bits per heavy atom. The summed E-state index contributed by atoms with van der Waals surface area (Å²) in [5, 5.41) is 0. The molecule has 0 amide bonds. The molecule has 0 spiro atoms. The van der Waals surface area contributed by atoms with Gasteiger partial charge in [0.15, 0.2) is 0 Å². The van der Waals surface area contributed by atoms with E-state index in [1.807, 2.05) is 47.7 Å². The minimum absolute atomic E-state index is 0.297. The Kier molecular flexibility index (Phi) is 3.91. The number of aryl methyl sites for hydroxylation is 1. The Morgan fingerprint density at radius 3 is 2.22 bits per heavy atom. The number of sulfonamides is 1. The molecule has 0 saturated carbocycles. The van der Waals surface area contributed by atoms with Crippen LogP contribution in [0.15, 0.2) is 53.4 Å². The number of hydrogen-bond donors (Lipinski definition) is 1. The van der Waals surface area contributed by atoms with E-state index in [0.717, 1.165) is 5.56 Å². The molecule has 2 rings (SSSR count). The van der Waals surface area contributed by atoms with Gasteiger partial charge in [0, 0.05) is 9.26 Å². The van der Waals surface area contributed by atoms with Crippen LogP contribution in [0.4, 0.5) is 5.69 Å². The molecule has 18 heavy (non-hydrogen) atoms. The van der Waals surface area contributed by atoms with E-state index < -0.39 is 10.0 Å². The van der Waals surface area contributed by atoms with Gasteiger partial charge in [0.25, 0.3) is 10.0 Å². The van der Waals surface area contributed by atoms with Crippen molar-refractivity contribution < 1.29 is 8.42 Å². The van der Waals surface area contributed by atoms with Crippen LogP contribution in [0, 0.1) is 10.5 Å². The second-order valence-corrected chi connectivity index (χ2v) is 6.71. The van der Waals surface area contributed by atoms with Crippen molar-refractivity contribution in [1.82, 2.24) is 0 Å². The number of benzene rings is 2. The van der Waals surface area contributed by atoms with Crippen molar-refractivity contribution in [3.05, 3.63) is 57.7 Å². The molecule has 0 aliphatic carbocycles. The summed E-state index contributed by atoms with van der Waals surface area (Å²) in [7, 11) is -3.51. The predicted octanol–water partition coefficient (Wildman–Crippen LogP) is 3.40. The highest BCUT2D eigenvalue weighted by molar-refractivity contribution is 14.1. The first-order chi connectivity index (χ1) is 8.49. The van der Waals surface area contributed by atoms with E-state index in [2.05, 4.69) is 4.72 Å². The van der Waals surface area contributed by atoms with Crippen LogP contribution in [0.5, 0.6) is 0 Å². The van der Waals surface area contributed by atoms with Gasteiger partial charge in [-0.25, -0.2) is 8.42 Å². The minimum atomic E-state index is -3.51. The zero-order valence-corrected chi connectivity index (χ0v) is 12.7. The van der Waals surface area contributed by atoms with Crippen molar-refractivity contribution in [2.75, 3.05) is 4.72 Å². The molecule has 3 nitrogen and oxygen atoms in total. The quantitative estimate of drug-likeness (QED) is 0.839. The summed E-state index contributed by atoms with van der Waals surface area (Å²) in [5.74, 6) is 0. The molecule has 1 N–H and O–H groups in total. The van der Waals surface area contributed by atoms with Crippen LogP contribution < -0.4 is 4.72 Å². The molecule has 2 aromatic rings. The first kappa shape index (κ1) is 13.4.